The van der Waals surface area contributed by atoms with Crippen LogP contribution in [0.4, 0.5) is 0 Å². The standard InChI is InChI=1S/C19H21Cl2NO2/c1-13-5-3-4-6-18(13)24-12-14(2)22-19(23)10-8-15-7-9-16(20)17(21)11-15/h3-7,9,11,14H,8,10,12H2,1-2H3,(H,22,23). The Morgan fingerprint density at radius 3 is 2.62 bits per heavy atom. The summed E-state index contributed by atoms with van der Waals surface area (Å²) in [6.45, 7) is 4.36. The molecule has 0 heterocycles. The van der Waals surface area contributed by atoms with Gasteiger partial charge in [0.2, 0.25) is 5.91 Å². The second-order valence-corrected chi connectivity index (χ2v) is 6.61. The Morgan fingerprint density at radius 1 is 1.17 bits per heavy atom. The van der Waals surface area contributed by atoms with Gasteiger partial charge < -0.3 is 10.1 Å². The summed E-state index contributed by atoms with van der Waals surface area (Å²) in [5, 5.41) is 3.97. The molecule has 128 valence electrons. The van der Waals surface area contributed by atoms with Crippen LogP contribution in [0.1, 0.15) is 24.5 Å². The third kappa shape index (κ3) is 5.73. The van der Waals surface area contributed by atoms with E-state index in [0.29, 0.717) is 29.5 Å². The highest BCUT2D eigenvalue weighted by atomic mass is 35.5. The van der Waals surface area contributed by atoms with Crippen LogP contribution in [0.2, 0.25) is 10.0 Å². The van der Waals surface area contributed by atoms with Crippen molar-refractivity contribution >= 4 is 29.1 Å². The van der Waals surface area contributed by atoms with E-state index in [-0.39, 0.29) is 11.9 Å². The van der Waals surface area contributed by atoms with E-state index in [1.54, 1.807) is 12.1 Å². The minimum absolute atomic E-state index is 0.0121. The summed E-state index contributed by atoms with van der Waals surface area (Å²) in [5.74, 6) is 0.830. The molecule has 0 saturated carbocycles. The molecule has 2 aromatic carbocycles. The number of halogens is 2. The molecule has 0 saturated heterocycles. The zero-order chi connectivity index (χ0) is 17.5. The molecular weight excluding hydrogens is 345 g/mol. The average molecular weight is 366 g/mol. The van der Waals surface area contributed by atoms with E-state index < -0.39 is 0 Å². The highest BCUT2D eigenvalue weighted by molar-refractivity contribution is 6.42. The van der Waals surface area contributed by atoms with Crippen molar-refractivity contribution in [3.8, 4) is 5.75 Å². The molecule has 1 unspecified atom stereocenters. The Morgan fingerprint density at radius 2 is 1.92 bits per heavy atom. The number of hydrogen-bond donors (Lipinski definition) is 1. The lowest BCUT2D eigenvalue weighted by Gasteiger charge is -2.16. The van der Waals surface area contributed by atoms with Gasteiger partial charge in [0.05, 0.1) is 16.1 Å². The molecule has 1 N–H and O–H groups in total. The molecule has 1 amide bonds. The minimum Gasteiger partial charge on any atom is -0.491 e. The van der Waals surface area contributed by atoms with Gasteiger partial charge in [-0.15, -0.1) is 0 Å². The molecule has 0 aliphatic heterocycles. The van der Waals surface area contributed by atoms with Crippen molar-refractivity contribution in [3.63, 3.8) is 0 Å². The lowest BCUT2D eigenvalue weighted by atomic mass is 10.1. The number of ether oxygens (including phenoxy) is 1. The molecule has 5 heteroatoms. The monoisotopic (exact) mass is 365 g/mol. The van der Waals surface area contributed by atoms with Gasteiger partial charge in [-0.1, -0.05) is 47.5 Å². The zero-order valence-corrected chi connectivity index (χ0v) is 15.3. The maximum Gasteiger partial charge on any atom is 0.220 e. The Hall–Kier alpha value is -1.71. The van der Waals surface area contributed by atoms with E-state index in [1.807, 2.05) is 44.2 Å². The minimum atomic E-state index is -0.0640. The summed E-state index contributed by atoms with van der Waals surface area (Å²) >= 11 is 11.9. The molecule has 0 radical (unpaired) electrons. The van der Waals surface area contributed by atoms with Crippen LogP contribution in [0.25, 0.3) is 0 Å². The molecule has 0 fully saturated rings. The number of hydrogen-bond acceptors (Lipinski definition) is 2. The number of benzene rings is 2. The van der Waals surface area contributed by atoms with Crippen molar-refractivity contribution in [2.45, 2.75) is 32.7 Å². The number of amides is 1. The Labute approximate surface area is 152 Å². The molecule has 24 heavy (non-hydrogen) atoms. The summed E-state index contributed by atoms with van der Waals surface area (Å²) in [6.07, 6.45) is 1.01. The number of nitrogens with one attached hydrogen (secondary N) is 1. The first-order chi connectivity index (χ1) is 11.5. The highest BCUT2D eigenvalue weighted by Crippen LogP contribution is 2.23. The molecule has 0 spiro atoms. The third-order valence-electron chi connectivity index (χ3n) is 3.61. The summed E-state index contributed by atoms with van der Waals surface area (Å²) < 4.78 is 5.74. The van der Waals surface area contributed by atoms with Gasteiger partial charge in [-0.05, 0) is 49.6 Å². The van der Waals surface area contributed by atoms with Crippen molar-refractivity contribution in [2.75, 3.05) is 6.61 Å². The third-order valence-corrected chi connectivity index (χ3v) is 4.35. The molecule has 2 rings (SSSR count). The Kier molecular flexibility index (Phi) is 6.95. The second-order valence-electron chi connectivity index (χ2n) is 5.79. The predicted octanol–water partition coefficient (Wildman–Crippen LogP) is 4.82. The molecule has 0 aliphatic rings. The van der Waals surface area contributed by atoms with Crippen LogP contribution in [0.15, 0.2) is 42.5 Å². The topological polar surface area (TPSA) is 38.3 Å². The van der Waals surface area contributed by atoms with Crippen LogP contribution in [0.3, 0.4) is 0 Å². The van der Waals surface area contributed by atoms with Crippen molar-refractivity contribution in [2.24, 2.45) is 0 Å². The zero-order valence-electron chi connectivity index (χ0n) is 13.8. The van der Waals surface area contributed by atoms with Gasteiger partial charge in [0.1, 0.15) is 12.4 Å². The number of aryl methyl sites for hydroxylation is 2. The van der Waals surface area contributed by atoms with Crippen LogP contribution >= 0.6 is 23.2 Å². The molecule has 2 aromatic rings. The number of para-hydroxylation sites is 1. The first-order valence-corrected chi connectivity index (χ1v) is 8.63. The Balaban J connectivity index is 1.75. The summed E-state index contributed by atoms with van der Waals surface area (Å²) in [5.41, 5.74) is 2.07. The van der Waals surface area contributed by atoms with Gasteiger partial charge in [0.15, 0.2) is 0 Å². The van der Waals surface area contributed by atoms with Crippen molar-refractivity contribution in [1.29, 1.82) is 0 Å². The number of carbonyl (C=O) groups is 1. The van der Waals surface area contributed by atoms with Gasteiger partial charge in [0.25, 0.3) is 0 Å². The number of rotatable bonds is 7. The van der Waals surface area contributed by atoms with Gasteiger partial charge in [-0.3, -0.25) is 4.79 Å². The maximum atomic E-state index is 12.0. The predicted molar refractivity (Wildman–Crippen MR) is 99.1 cm³/mol. The molecular formula is C19H21Cl2NO2. The van der Waals surface area contributed by atoms with Crippen molar-refractivity contribution in [1.82, 2.24) is 5.32 Å². The fourth-order valence-corrected chi connectivity index (χ4v) is 2.60. The van der Waals surface area contributed by atoms with Crippen molar-refractivity contribution < 1.29 is 9.53 Å². The maximum absolute atomic E-state index is 12.0. The van der Waals surface area contributed by atoms with Gasteiger partial charge >= 0.3 is 0 Å². The first kappa shape index (κ1) is 18.6. The fourth-order valence-electron chi connectivity index (χ4n) is 2.27. The van der Waals surface area contributed by atoms with E-state index in [1.165, 1.54) is 0 Å². The van der Waals surface area contributed by atoms with Gasteiger partial charge in [0, 0.05) is 6.42 Å². The molecule has 3 nitrogen and oxygen atoms in total. The van der Waals surface area contributed by atoms with E-state index in [9.17, 15) is 4.79 Å². The van der Waals surface area contributed by atoms with E-state index >= 15 is 0 Å². The lowest BCUT2D eigenvalue weighted by molar-refractivity contribution is -0.121. The smallest absolute Gasteiger partial charge is 0.220 e. The molecule has 1 atom stereocenters. The summed E-state index contributed by atoms with van der Waals surface area (Å²) in [6, 6.07) is 13.2. The SMILES string of the molecule is Cc1ccccc1OCC(C)NC(=O)CCc1ccc(Cl)c(Cl)c1. The van der Waals surface area contributed by atoms with E-state index in [4.69, 9.17) is 27.9 Å². The second kappa shape index (κ2) is 8.95. The van der Waals surface area contributed by atoms with Gasteiger partial charge in [-0.25, -0.2) is 0 Å². The lowest BCUT2D eigenvalue weighted by Crippen LogP contribution is -2.36. The molecule has 0 bridgehead atoms. The largest absolute Gasteiger partial charge is 0.491 e. The fraction of sp³-hybridized carbons (Fsp3) is 0.316. The highest BCUT2D eigenvalue weighted by Gasteiger charge is 2.09. The first-order valence-electron chi connectivity index (χ1n) is 7.87. The van der Waals surface area contributed by atoms with E-state index in [0.717, 1.165) is 16.9 Å². The van der Waals surface area contributed by atoms with E-state index in [2.05, 4.69) is 5.32 Å². The summed E-state index contributed by atoms with van der Waals surface area (Å²) in [7, 11) is 0. The molecule has 0 aromatic heterocycles. The van der Waals surface area contributed by atoms with Crippen LogP contribution < -0.4 is 10.1 Å². The van der Waals surface area contributed by atoms with Gasteiger partial charge in [-0.2, -0.15) is 0 Å². The van der Waals surface area contributed by atoms with Crippen LogP contribution in [0.5, 0.6) is 5.75 Å². The Bertz CT molecular complexity index is 704. The average Bonchev–Trinajstić information content (AvgIpc) is 2.55. The normalized spacial score (nSPS) is 11.8. The molecule has 0 aliphatic carbocycles. The van der Waals surface area contributed by atoms with Crippen LogP contribution in [-0.2, 0) is 11.2 Å². The van der Waals surface area contributed by atoms with Crippen molar-refractivity contribution in [3.05, 3.63) is 63.6 Å². The number of carbonyl (C=O) groups excluding carboxylic acids is 1. The quantitative estimate of drug-likeness (QED) is 0.763. The van der Waals surface area contributed by atoms with Crippen LogP contribution in [0, 0.1) is 6.92 Å². The van der Waals surface area contributed by atoms with Crippen LogP contribution in [-0.4, -0.2) is 18.6 Å². The summed E-state index contributed by atoms with van der Waals surface area (Å²) in [4.78, 5) is 12.0.